The molecule has 0 aromatic heterocycles. The summed E-state index contributed by atoms with van der Waals surface area (Å²) < 4.78 is 45.2. The monoisotopic (exact) mass is 514 g/mol. The number of ether oxygens (including phenoxy) is 3. The Bertz CT molecular complexity index is 1370. The van der Waals surface area contributed by atoms with Crippen molar-refractivity contribution in [2.75, 3.05) is 24.1 Å². The maximum atomic E-state index is 13.5. The standard InChI is InChI=1S/C25H23ClN2O6S/c1-16(17-7-9-22-23(13-17)33-12-11-32-22)27-25(29)24-15-28(20-14-18(26)8-10-21(20)34-24)35(30,31)19-5-3-2-4-6-19/h2-10,13-14,16,24H,11-12,15H2,1H3,(H,27,29)/t16-,24-/m1/s1. The number of nitrogens with one attached hydrogen (secondary N) is 1. The zero-order valence-electron chi connectivity index (χ0n) is 18.8. The van der Waals surface area contributed by atoms with Gasteiger partial charge in [-0.2, -0.15) is 0 Å². The minimum Gasteiger partial charge on any atom is -0.486 e. The molecule has 5 rings (SSSR count). The van der Waals surface area contributed by atoms with Gasteiger partial charge in [-0.15, -0.1) is 0 Å². The Hall–Kier alpha value is -3.43. The second-order valence-electron chi connectivity index (χ2n) is 8.20. The number of anilines is 1. The lowest BCUT2D eigenvalue weighted by Gasteiger charge is -2.35. The molecule has 0 spiro atoms. The van der Waals surface area contributed by atoms with Gasteiger partial charge in [-0.1, -0.05) is 35.9 Å². The van der Waals surface area contributed by atoms with Gasteiger partial charge in [0.25, 0.3) is 15.9 Å². The van der Waals surface area contributed by atoms with Crippen LogP contribution in [0.2, 0.25) is 5.02 Å². The summed E-state index contributed by atoms with van der Waals surface area (Å²) >= 11 is 6.15. The van der Waals surface area contributed by atoms with Crippen LogP contribution < -0.4 is 23.8 Å². The highest BCUT2D eigenvalue weighted by molar-refractivity contribution is 7.92. The predicted octanol–water partition coefficient (Wildman–Crippen LogP) is 3.94. The lowest BCUT2D eigenvalue weighted by molar-refractivity contribution is -0.128. The molecule has 0 bridgehead atoms. The number of sulfonamides is 1. The molecule has 0 saturated carbocycles. The average molecular weight is 515 g/mol. The Labute approximate surface area is 208 Å². The first-order valence-corrected chi connectivity index (χ1v) is 12.9. The van der Waals surface area contributed by atoms with Gasteiger partial charge in [-0.3, -0.25) is 9.10 Å². The predicted molar refractivity (Wildman–Crippen MR) is 131 cm³/mol. The number of carbonyl (C=O) groups excluding carboxylic acids is 1. The molecule has 2 aliphatic heterocycles. The second-order valence-corrected chi connectivity index (χ2v) is 10.5. The van der Waals surface area contributed by atoms with Crippen LogP contribution in [0.1, 0.15) is 18.5 Å². The highest BCUT2D eigenvalue weighted by Gasteiger charge is 2.38. The molecule has 0 aliphatic carbocycles. The molecule has 2 aliphatic rings. The van der Waals surface area contributed by atoms with Crippen LogP contribution >= 0.6 is 11.6 Å². The molecule has 8 nitrogen and oxygen atoms in total. The molecule has 0 fully saturated rings. The topological polar surface area (TPSA) is 94.2 Å². The van der Waals surface area contributed by atoms with E-state index >= 15 is 0 Å². The van der Waals surface area contributed by atoms with E-state index in [1.165, 1.54) is 22.5 Å². The maximum absolute atomic E-state index is 13.5. The summed E-state index contributed by atoms with van der Waals surface area (Å²) in [5, 5.41) is 3.28. The van der Waals surface area contributed by atoms with E-state index in [2.05, 4.69) is 5.32 Å². The maximum Gasteiger partial charge on any atom is 0.264 e. The van der Waals surface area contributed by atoms with Gasteiger partial charge in [-0.05, 0) is 55.0 Å². The first-order valence-electron chi connectivity index (χ1n) is 11.1. The minimum atomic E-state index is -3.97. The van der Waals surface area contributed by atoms with Crippen LogP contribution in [0.15, 0.2) is 71.6 Å². The molecular formula is C25H23ClN2O6S. The number of carbonyl (C=O) groups is 1. The van der Waals surface area contributed by atoms with Crippen molar-refractivity contribution in [2.45, 2.75) is 24.0 Å². The van der Waals surface area contributed by atoms with E-state index in [1.54, 1.807) is 36.4 Å². The van der Waals surface area contributed by atoms with Gasteiger partial charge in [0.1, 0.15) is 19.0 Å². The Morgan fingerprint density at radius 3 is 2.49 bits per heavy atom. The van der Waals surface area contributed by atoms with Crippen molar-refractivity contribution in [3.63, 3.8) is 0 Å². The third-order valence-corrected chi connectivity index (χ3v) is 7.87. The van der Waals surface area contributed by atoms with Crippen molar-refractivity contribution < 1.29 is 27.4 Å². The normalized spacial score (nSPS) is 17.7. The molecule has 35 heavy (non-hydrogen) atoms. The molecule has 2 heterocycles. The molecule has 1 N–H and O–H groups in total. The minimum absolute atomic E-state index is 0.108. The zero-order chi connectivity index (χ0) is 24.6. The van der Waals surface area contributed by atoms with E-state index in [-0.39, 0.29) is 28.9 Å². The number of hydrogen-bond donors (Lipinski definition) is 1. The molecule has 10 heteroatoms. The van der Waals surface area contributed by atoms with Crippen molar-refractivity contribution in [1.82, 2.24) is 5.32 Å². The van der Waals surface area contributed by atoms with Gasteiger partial charge in [-0.25, -0.2) is 8.42 Å². The Kier molecular flexibility index (Phi) is 6.21. The largest absolute Gasteiger partial charge is 0.486 e. The molecule has 182 valence electrons. The van der Waals surface area contributed by atoms with Gasteiger partial charge in [0.15, 0.2) is 17.6 Å². The highest BCUT2D eigenvalue weighted by Crippen LogP contribution is 2.39. The average Bonchev–Trinajstić information content (AvgIpc) is 2.88. The molecule has 0 radical (unpaired) electrons. The summed E-state index contributed by atoms with van der Waals surface area (Å²) in [5.74, 6) is 1.09. The highest BCUT2D eigenvalue weighted by atomic mass is 35.5. The third-order valence-electron chi connectivity index (χ3n) is 5.84. The van der Waals surface area contributed by atoms with E-state index in [1.807, 2.05) is 19.1 Å². The summed E-state index contributed by atoms with van der Waals surface area (Å²) in [4.78, 5) is 13.3. The van der Waals surface area contributed by atoms with Crippen molar-refractivity contribution in [3.8, 4) is 17.2 Å². The number of fused-ring (bicyclic) bond motifs is 2. The Morgan fingerprint density at radius 1 is 1.00 bits per heavy atom. The van der Waals surface area contributed by atoms with Gasteiger partial charge in [0.2, 0.25) is 0 Å². The molecular weight excluding hydrogens is 492 g/mol. The molecule has 0 saturated heterocycles. The summed E-state index contributed by atoms with van der Waals surface area (Å²) in [6.07, 6.45) is -1.07. The molecule has 1 amide bonds. The van der Waals surface area contributed by atoms with Gasteiger partial charge in [0, 0.05) is 5.02 Å². The lowest BCUT2D eigenvalue weighted by Crippen LogP contribution is -2.51. The first-order chi connectivity index (χ1) is 16.8. The van der Waals surface area contributed by atoms with E-state index in [0.717, 1.165) is 5.56 Å². The summed E-state index contributed by atoms with van der Waals surface area (Å²) in [7, 11) is -3.97. The van der Waals surface area contributed by atoms with E-state index in [9.17, 15) is 13.2 Å². The number of rotatable bonds is 5. The van der Waals surface area contributed by atoms with Crippen molar-refractivity contribution in [3.05, 3.63) is 77.3 Å². The lowest BCUT2D eigenvalue weighted by atomic mass is 10.1. The molecule has 3 aromatic carbocycles. The van der Waals surface area contributed by atoms with Crippen molar-refractivity contribution in [2.24, 2.45) is 0 Å². The molecule has 3 aromatic rings. The third kappa shape index (κ3) is 4.61. The van der Waals surface area contributed by atoms with Crippen LogP contribution in [-0.4, -0.2) is 40.2 Å². The smallest absolute Gasteiger partial charge is 0.264 e. The van der Waals surface area contributed by atoms with Crippen molar-refractivity contribution >= 4 is 33.2 Å². The molecule has 0 unspecified atom stereocenters. The van der Waals surface area contributed by atoms with Gasteiger partial charge in [0.05, 0.1) is 23.2 Å². The van der Waals surface area contributed by atoms with Crippen molar-refractivity contribution in [1.29, 1.82) is 0 Å². The zero-order valence-corrected chi connectivity index (χ0v) is 20.4. The number of nitrogens with zero attached hydrogens (tertiary/aromatic N) is 1. The second kappa shape index (κ2) is 9.31. The SMILES string of the molecule is C[C@@H](NC(=O)[C@H]1CN(S(=O)(=O)c2ccccc2)c2cc(Cl)ccc2O1)c1ccc2c(c1)OCCO2. The van der Waals surface area contributed by atoms with Crippen LogP contribution in [0, 0.1) is 0 Å². The fraction of sp³-hybridized carbons (Fsp3) is 0.240. The van der Waals surface area contributed by atoms with E-state index < -0.39 is 22.0 Å². The molecule has 2 atom stereocenters. The summed E-state index contributed by atoms with van der Waals surface area (Å²) in [6, 6.07) is 17.8. The van der Waals surface area contributed by atoms with E-state index in [0.29, 0.717) is 29.7 Å². The fourth-order valence-electron chi connectivity index (χ4n) is 4.03. The summed E-state index contributed by atoms with van der Waals surface area (Å²) in [5.41, 5.74) is 1.10. The van der Waals surface area contributed by atoms with Crippen LogP contribution in [-0.2, 0) is 14.8 Å². The van der Waals surface area contributed by atoms with Crippen LogP contribution in [0.5, 0.6) is 17.2 Å². The number of hydrogen-bond acceptors (Lipinski definition) is 6. The van der Waals surface area contributed by atoms with Gasteiger partial charge < -0.3 is 19.5 Å². The summed E-state index contributed by atoms with van der Waals surface area (Å²) in [6.45, 7) is 2.58. The number of benzene rings is 3. The van der Waals surface area contributed by atoms with Crippen LogP contribution in [0.25, 0.3) is 0 Å². The number of halogens is 1. The van der Waals surface area contributed by atoms with Gasteiger partial charge >= 0.3 is 0 Å². The Morgan fingerprint density at radius 2 is 1.71 bits per heavy atom. The quantitative estimate of drug-likeness (QED) is 0.554. The van der Waals surface area contributed by atoms with E-state index in [4.69, 9.17) is 25.8 Å². The first kappa shape index (κ1) is 23.3. The number of amides is 1. The fourth-order valence-corrected chi connectivity index (χ4v) is 5.68. The van der Waals surface area contributed by atoms with Crippen LogP contribution in [0.3, 0.4) is 0 Å². The Balaban J connectivity index is 1.40. The van der Waals surface area contributed by atoms with Crippen LogP contribution in [0.4, 0.5) is 5.69 Å².